The Hall–Kier alpha value is -1.21. The predicted octanol–water partition coefficient (Wildman–Crippen LogP) is 5.39. The van der Waals surface area contributed by atoms with Crippen molar-refractivity contribution in [1.82, 2.24) is 0 Å². The molecule has 1 atom stereocenters. The van der Waals surface area contributed by atoms with Gasteiger partial charge in [-0.15, -0.1) is 0 Å². The van der Waals surface area contributed by atoms with E-state index in [1.807, 2.05) is 0 Å². The van der Waals surface area contributed by atoms with Gasteiger partial charge >= 0.3 is 5.97 Å². The van der Waals surface area contributed by atoms with Crippen molar-refractivity contribution in [3.05, 3.63) is 33.9 Å². The number of hydrogen-bond donors (Lipinski definition) is 1. The highest BCUT2D eigenvalue weighted by atomic mass is 33.1. The average molecular weight is 343 g/mol. The molecular formula is C15H21NO4S2. The largest absolute Gasteiger partial charge is 0.477 e. The molecule has 0 spiro atoms. The van der Waals surface area contributed by atoms with Gasteiger partial charge in [0.2, 0.25) is 0 Å². The van der Waals surface area contributed by atoms with Gasteiger partial charge in [0.15, 0.2) is 0 Å². The molecule has 0 aliphatic carbocycles. The van der Waals surface area contributed by atoms with Crippen molar-refractivity contribution in [3.8, 4) is 0 Å². The van der Waals surface area contributed by atoms with E-state index in [9.17, 15) is 14.9 Å². The lowest BCUT2D eigenvalue weighted by molar-refractivity contribution is -0.385. The predicted molar refractivity (Wildman–Crippen MR) is 91.7 cm³/mol. The summed E-state index contributed by atoms with van der Waals surface area (Å²) in [6, 6.07) is 4.24. The van der Waals surface area contributed by atoms with Crippen LogP contribution in [0.25, 0.3) is 0 Å². The molecule has 0 bridgehead atoms. The second-order valence-corrected chi connectivity index (χ2v) is 7.79. The molecule has 7 heteroatoms. The monoisotopic (exact) mass is 343 g/mol. The zero-order valence-corrected chi connectivity index (χ0v) is 14.4. The first-order valence-electron chi connectivity index (χ1n) is 7.30. The van der Waals surface area contributed by atoms with E-state index >= 15 is 0 Å². The number of unbranched alkanes of at least 4 members (excludes halogenated alkanes) is 3. The Labute approximate surface area is 138 Å². The quantitative estimate of drug-likeness (QED) is 0.265. The molecule has 0 fully saturated rings. The third-order valence-corrected chi connectivity index (χ3v) is 6.13. The molecule has 0 heterocycles. The molecule has 0 radical (unpaired) electrons. The van der Waals surface area contributed by atoms with Crippen molar-refractivity contribution in [2.75, 3.05) is 0 Å². The summed E-state index contributed by atoms with van der Waals surface area (Å²) in [5, 5.41) is 20.3. The van der Waals surface area contributed by atoms with Crippen LogP contribution >= 0.6 is 21.6 Å². The lowest BCUT2D eigenvalue weighted by Crippen LogP contribution is -2.02. The molecular weight excluding hydrogens is 322 g/mol. The van der Waals surface area contributed by atoms with Gasteiger partial charge in [-0.1, -0.05) is 61.1 Å². The molecule has 1 rings (SSSR count). The number of aromatic carboxylic acids is 1. The zero-order valence-electron chi connectivity index (χ0n) is 12.8. The van der Waals surface area contributed by atoms with E-state index in [4.69, 9.17) is 5.11 Å². The summed E-state index contributed by atoms with van der Waals surface area (Å²) in [5.41, 5.74) is -0.624. The number of nitro groups is 1. The summed E-state index contributed by atoms with van der Waals surface area (Å²) in [6.07, 6.45) is 6.04. The van der Waals surface area contributed by atoms with Gasteiger partial charge in [-0.2, -0.15) is 0 Å². The number of carboxylic acid groups (broad SMARTS) is 1. The second kappa shape index (κ2) is 9.74. The van der Waals surface area contributed by atoms with Crippen molar-refractivity contribution in [2.45, 2.75) is 56.1 Å². The minimum atomic E-state index is -1.27. The smallest absolute Gasteiger partial charge is 0.342 e. The Morgan fingerprint density at radius 3 is 2.68 bits per heavy atom. The van der Waals surface area contributed by atoms with Crippen LogP contribution in [-0.2, 0) is 0 Å². The van der Waals surface area contributed by atoms with Crippen LogP contribution < -0.4 is 0 Å². The second-order valence-electron chi connectivity index (χ2n) is 5.08. The SMILES string of the molecule is CCCCCCC(C)SSc1ccc([N+](=O)[O-])c(C(=O)O)c1. The van der Waals surface area contributed by atoms with Crippen LogP contribution in [0.2, 0.25) is 0 Å². The average Bonchev–Trinajstić information content (AvgIpc) is 2.49. The zero-order chi connectivity index (χ0) is 16.5. The summed E-state index contributed by atoms with van der Waals surface area (Å²) in [4.78, 5) is 22.0. The molecule has 0 aliphatic rings. The normalized spacial score (nSPS) is 12.1. The molecule has 122 valence electrons. The molecule has 0 aromatic heterocycles. The van der Waals surface area contributed by atoms with Crippen LogP contribution in [-0.4, -0.2) is 21.2 Å². The van der Waals surface area contributed by atoms with Gasteiger partial charge in [-0.05, 0) is 18.6 Å². The first kappa shape index (κ1) is 18.8. The fourth-order valence-electron chi connectivity index (χ4n) is 1.94. The van der Waals surface area contributed by atoms with Crippen molar-refractivity contribution in [1.29, 1.82) is 0 Å². The van der Waals surface area contributed by atoms with Crippen LogP contribution in [0.15, 0.2) is 23.1 Å². The van der Waals surface area contributed by atoms with E-state index in [1.54, 1.807) is 16.9 Å². The highest BCUT2D eigenvalue weighted by molar-refractivity contribution is 8.76. The summed E-state index contributed by atoms with van der Waals surface area (Å²) < 4.78 is 0. The Bertz CT molecular complexity index is 522. The summed E-state index contributed by atoms with van der Waals surface area (Å²) in [7, 11) is 3.15. The summed E-state index contributed by atoms with van der Waals surface area (Å²) in [6.45, 7) is 4.33. The molecule has 1 unspecified atom stereocenters. The first-order chi connectivity index (χ1) is 10.5. The van der Waals surface area contributed by atoms with E-state index in [1.165, 1.54) is 48.6 Å². The first-order valence-corrected chi connectivity index (χ1v) is 9.52. The van der Waals surface area contributed by atoms with Crippen LogP contribution in [0.1, 0.15) is 56.3 Å². The molecule has 0 saturated heterocycles. The number of rotatable bonds is 10. The van der Waals surface area contributed by atoms with E-state index in [0.29, 0.717) is 5.25 Å². The van der Waals surface area contributed by atoms with Gasteiger partial charge < -0.3 is 5.11 Å². The summed E-state index contributed by atoms with van der Waals surface area (Å²) >= 11 is 0. The van der Waals surface area contributed by atoms with Crippen molar-refractivity contribution >= 4 is 33.2 Å². The maximum Gasteiger partial charge on any atom is 0.342 e. The lowest BCUT2D eigenvalue weighted by atomic mass is 10.1. The molecule has 0 aliphatic heterocycles. The lowest BCUT2D eigenvalue weighted by Gasteiger charge is -2.10. The molecule has 5 nitrogen and oxygen atoms in total. The maximum absolute atomic E-state index is 11.1. The topological polar surface area (TPSA) is 80.4 Å². The highest BCUT2D eigenvalue weighted by Gasteiger charge is 2.20. The fourth-order valence-corrected chi connectivity index (χ4v) is 4.20. The van der Waals surface area contributed by atoms with Gasteiger partial charge in [0.1, 0.15) is 5.56 Å². The number of nitro benzene ring substituents is 1. The maximum atomic E-state index is 11.1. The minimum Gasteiger partial charge on any atom is -0.477 e. The number of carbonyl (C=O) groups is 1. The van der Waals surface area contributed by atoms with Gasteiger partial charge in [0.25, 0.3) is 5.69 Å². The van der Waals surface area contributed by atoms with E-state index < -0.39 is 10.9 Å². The van der Waals surface area contributed by atoms with Crippen LogP contribution in [0.5, 0.6) is 0 Å². The van der Waals surface area contributed by atoms with E-state index in [2.05, 4.69) is 13.8 Å². The van der Waals surface area contributed by atoms with Crippen LogP contribution in [0.3, 0.4) is 0 Å². The van der Waals surface area contributed by atoms with E-state index in [-0.39, 0.29) is 11.3 Å². The van der Waals surface area contributed by atoms with Gasteiger partial charge in [-0.3, -0.25) is 10.1 Å². The Morgan fingerprint density at radius 2 is 2.09 bits per heavy atom. The molecule has 22 heavy (non-hydrogen) atoms. The van der Waals surface area contributed by atoms with Gasteiger partial charge in [-0.25, -0.2) is 4.79 Å². The number of carboxylic acids is 1. The minimum absolute atomic E-state index is 0.258. The van der Waals surface area contributed by atoms with E-state index in [0.717, 1.165) is 11.3 Å². The van der Waals surface area contributed by atoms with Gasteiger partial charge in [0, 0.05) is 16.2 Å². The highest BCUT2D eigenvalue weighted by Crippen LogP contribution is 2.37. The molecule has 0 saturated carbocycles. The third kappa shape index (κ3) is 6.27. The van der Waals surface area contributed by atoms with Crippen molar-refractivity contribution < 1.29 is 14.8 Å². The molecule has 0 amide bonds. The third-order valence-electron chi connectivity index (χ3n) is 3.17. The number of hydrogen-bond acceptors (Lipinski definition) is 5. The number of benzene rings is 1. The van der Waals surface area contributed by atoms with Crippen LogP contribution in [0, 0.1) is 10.1 Å². The molecule has 1 N–H and O–H groups in total. The summed E-state index contributed by atoms with van der Waals surface area (Å²) in [5.74, 6) is -1.27. The fraction of sp³-hybridized carbons (Fsp3) is 0.533. The standard InChI is InChI=1S/C15H21NO4S2/c1-3-4-5-6-7-11(2)21-22-12-8-9-14(16(19)20)13(10-12)15(17)18/h8-11H,3-7H2,1-2H3,(H,17,18). The van der Waals surface area contributed by atoms with Crippen molar-refractivity contribution in [2.24, 2.45) is 0 Å². The Kier molecular flexibility index (Phi) is 8.34. The molecule has 1 aromatic rings. The van der Waals surface area contributed by atoms with Crippen LogP contribution in [0.4, 0.5) is 5.69 Å². The number of nitrogens with zero attached hydrogens (tertiary/aromatic N) is 1. The Morgan fingerprint density at radius 1 is 1.36 bits per heavy atom. The Balaban J connectivity index is 2.57. The van der Waals surface area contributed by atoms with Gasteiger partial charge in [0.05, 0.1) is 4.92 Å². The molecule has 1 aromatic carbocycles. The van der Waals surface area contributed by atoms with Crippen molar-refractivity contribution in [3.63, 3.8) is 0 Å².